The van der Waals surface area contributed by atoms with Gasteiger partial charge in [-0.2, -0.15) is 11.8 Å². The Bertz CT molecular complexity index is 320. The molecule has 2 aliphatic rings. The van der Waals surface area contributed by atoms with Gasteiger partial charge >= 0.3 is 5.97 Å². The van der Waals surface area contributed by atoms with Crippen molar-refractivity contribution in [2.75, 3.05) is 19.8 Å². The van der Waals surface area contributed by atoms with Crippen molar-refractivity contribution in [3.63, 3.8) is 0 Å². The molecule has 2 unspecified atom stereocenters. The molecule has 1 saturated carbocycles. The molecule has 116 valence electrons. The molecule has 0 aromatic carbocycles. The van der Waals surface area contributed by atoms with Crippen molar-refractivity contribution in [2.24, 2.45) is 0 Å². The van der Waals surface area contributed by atoms with Crippen LogP contribution in [0.15, 0.2) is 0 Å². The lowest BCUT2D eigenvalue weighted by molar-refractivity contribution is -0.146. The van der Waals surface area contributed by atoms with Crippen LogP contribution < -0.4 is 5.32 Å². The fourth-order valence-corrected chi connectivity index (χ4v) is 4.91. The van der Waals surface area contributed by atoms with Gasteiger partial charge in [-0.3, -0.25) is 4.79 Å². The summed E-state index contributed by atoms with van der Waals surface area (Å²) in [5.41, 5.74) is -0.683. The minimum Gasteiger partial charge on any atom is -0.480 e. The molecule has 0 spiro atoms. The van der Waals surface area contributed by atoms with E-state index in [-0.39, 0.29) is 0 Å². The van der Waals surface area contributed by atoms with Crippen LogP contribution in [-0.4, -0.2) is 46.9 Å². The second kappa shape index (κ2) is 7.66. The van der Waals surface area contributed by atoms with E-state index in [1.807, 2.05) is 11.8 Å². The summed E-state index contributed by atoms with van der Waals surface area (Å²) in [5.74, 6) is -0.664. The Morgan fingerprint density at radius 1 is 1.35 bits per heavy atom. The third-order valence-electron chi connectivity index (χ3n) is 4.38. The number of carboxylic acids is 1. The molecule has 0 bridgehead atoms. The predicted octanol–water partition coefficient (Wildman–Crippen LogP) is 2.66. The summed E-state index contributed by atoms with van der Waals surface area (Å²) >= 11 is 2.01. The van der Waals surface area contributed by atoms with Crippen LogP contribution in [0, 0.1) is 0 Å². The maximum Gasteiger partial charge on any atom is 0.323 e. The Balaban J connectivity index is 1.92. The average molecular weight is 301 g/mol. The van der Waals surface area contributed by atoms with Gasteiger partial charge in [-0.25, -0.2) is 0 Å². The number of carboxylic acid groups (broad SMARTS) is 1. The molecule has 0 aromatic heterocycles. The quantitative estimate of drug-likeness (QED) is 0.790. The summed E-state index contributed by atoms with van der Waals surface area (Å²) in [5, 5.41) is 14.1. The summed E-state index contributed by atoms with van der Waals surface area (Å²) in [6.07, 6.45) is 6.92. The third kappa shape index (κ3) is 4.12. The van der Waals surface area contributed by atoms with E-state index in [4.69, 9.17) is 4.74 Å². The highest BCUT2D eigenvalue weighted by Gasteiger charge is 2.43. The molecular weight excluding hydrogens is 274 g/mol. The van der Waals surface area contributed by atoms with Gasteiger partial charge in [0.15, 0.2) is 0 Å². The molecule has 2 fully saturated rings. The number of ether oxygens (including phenoxy) is 1. The number of aliphatic carboxylic acids is 1. The molecule has 0 aromatic rings. The number of hydrogen-bond acceptors (Lipinski definition) is 4. The van der Waals surface area contributed by atoms with E-state index >= 15 is 0 Å². The molecule has 1 aliphatic heterocycles. The van der Waals surface area contributed by atoms with Crippen LogP contribution in [-0.2, 0) is 9.53 Å². The Labute approximate surface area is 126 Å². The second-order valence-corrected chi connectivity index (χ2v) is 7.59. The predicted molar refractivity (Wildman–Crippen MR) is 82.3 cm³/mol. The van der Waals surface area contributed by atoms with Crippen LogP contribution in [0.25, 0.3) is 0 Å². The van der Waals surface area contributed by atoms with Gasteiger partial charge < -0.3 is 15.2 Å². The van der Waals surface area contributed by atoms with Gasteiger partial charge in [0.1, 0.15) is 5.54 Å². The smallest absolute Gasteiger partial charge is 0.323 e. The first-order chi connectivity index (χ1) is 9.66. The van der Waals surface area contributed by atoms with Crippen LogP contribution in [0.5, 0.6) is 0 Å². The van der Waals surface area contributed by atoms with Crippen molar-refractivity contribution < 1.29 is 14.6 Å². The van der Waals surface area contributed by atoms with Crippen molar-refractivity contribution in [1.29, 1.82) is 0 Å². The van der Waals surface area contributed by atoms with Gasteiger partial charge in [0.05, 0.1) is 0 Å². The lowest BCUT2D eigenvalue weighted by Crippen LogP contribution is -2.55. The maximum atomic E-state index is 11.7. The Hall–Kier alpha value is -0.260. The highest BCUT2D eigenvalue weighted by molar-refractivity contribution is 8.00. The monoisotopic (exact) mass is 301 g/mol. The van der Waals surface area contributed by atoms with Crippen LogP contribution in [0.1, 0.15) is 51.9 Å². The Morgan fingerprint density at radius 2 is 2.10 bits per heavy atom. The van der Waals surface area contributed by atoms with E-state index in [1.165, 1.54) is 0 Å². The molecule has 5 heteroatoms. The van der Waals surface area contributed by atoms with E-state index in [0.717, 1.165) is 64.7 Å². The molecule has 0 amide bonds. The number of nitrogens with one attached hydrogen (secondary N) is 1. The van der Waals surface area contributed by atoms with Crippen LogP contribution >= 0.6 is 11.8 Å². The summed E-state index contributed by atoms with van der Waals surface area (Å²) < 4.78 is 5.40. The fraction of sp³-hybridized carbons (Fsp3) is 0.933. The summed E-state index contributed by atoms with van der Waals surface area (Å²) in [7, 11) is 0. The zero-order chi connectivity index (χ0) is 14.4. The van der Waals surface area contributed by atoms with E-state index in [9.17, 15) is 9.90 Å². The van der Waals surface area contributed by atoms with Crippen molar-refractivity contribution in [3.8, 4) is 0 Å². The molecule has 0 radical (unpaired) electrons. The third-order valence-corrected chi connectivity index (χ3v) is 6.03. The first-order valence-electron chi connectivity index (χ1n) is 7.88. The van der Waals surface area contributed by atoms with E-state index < -0.39 is 11.5 Å². The van der Waals surface area contributed by atoms with Crippen LogP contribution in [0.4, 0.5) is 0 Å². The molecule has 1 saturated heterocycles. The number of hydrogen-bond donors (Lipinski definition) is 2. The van der Waals surface area contributed by atoms with Gasteiger partial charge in [0, 0.05) is 23.7 Å². The maximum absolute atomic E-state index is 11.7. The van der Waals surface area contributed by atoms with Crippen LogP contribution in [0.3, 0.4) is 0 Å². The van der Waals surface area contributed by atoms with Gasteiger partial charge in [0.25, 0.3) is 0 Å². The van der Waals surface area contributed by atoms with Gasteiger partial charge in [-0.15, -0.1) is 0 Å². The standard InChI is InChI=1S/C15H27NO3S/c1-2-8-16-15(14(17)18)7-3-4-13(11-15)20-12-5-9-19-10-6-12/h12-13,16H,2-11H2,1H3,(H,17,18). The molecule has 1 heterocycles. The average Bonchev–Trinajstić information content (AvgIpc) is 2.46. The normalized spacial score (nSPS) is 32.1. The number of carbonyl (C=O) groups is 1. The molecule has 20 heavy (non-hydrogen) atoms. The first-order valence-corrected chi connectivity index (χ1v) is 8.82. The van der Waals surface area contributed by atoms with Gasteiger partial charge in [-0.05, 0) is 51.5 Å². The lowest BCUT2D eigenvalue weighted by Gasteiger charge is -2.39. The minimum atomic E-state index is -0.683. The van der Waals surface area contributed by atoms with Gasteiger partial charge in [-0.1, -0.05) is 6.92 Å². The van der Waals surface area contributed by atoms with Crippen LogP contribution in [0.2, 0.25) is 0 Å². The summed E-state index contributed by atoms with van der Waals surface area (Å²) in [6.45, 7) is 4.60. The molecule has 2 atom stereocenters. The molecular formula is C15H27NO3S. The second-order valence-electron chi connectivity index (χ2n) is 5.98. The highest BCUT2D eigenvalue weighted by Crippen LogP contribution is 2.39. The zero-order valence-electron chi connectivity index (χ0n) is 12.4. The summed E-state index contributed by atoms with van der Waals surface area (Å²) in [4.78, 5) is 11.7. The number of rotatable bonds is 6. The van der Waals surface area contributed by atoms with E-state index in [2.05, 4.69) is 12.2 Å². The molecule has 2 N–H and O–H groups in total. The first kappa shape index (κ1) is 16.1. The number of thioether (sulfide) groups is 1. The van der Waals surface area contributed by atoms with Crippen molar-refractivity contribution in [3.05, 3.63) is 0 Å². The van der Waals surface area contributed by atoms with Crippen molar-refractivity contribution in [2.45, 2.75) is 67.9 Å². The highest BCUT2D eigenvalue weighted by atomic mass is 32.2. The summed E-state index contributed by atoms with van der Waals surface area (Å²) in [6, 6.07) is 0. The Kier molecular flexibility index (Phi) is 6.18. The van der Waals surface area contributed by atoms with E-state index in [1.54, 1.807) is 0 Å². The zero-order valence-corrected chi connectivity index (χ0v) is 13.2. The van der Waals surface area contributed by atoms with E-state index in [0.29, 0.717) is 10.5 Å². The molecule has 4 nitrogen and oxygen atoms in total. The lowest BCUT2D eigenvalue weighted by atomic mass is 9.81. The molecule has 2 rings (SSSR count). The SMILES string of the molecule is CCCNC1(C(=O)O)CCCC(SC2CCOCC2)C1. The topological polar surface area (TPSA) is 58.6 Å². The van der Waals surface area contributed by atoms with Crippen molar-refractivity contribution >= 4 is 17.7 Å². The fourth-order valence-electron chi connectivity index (χ4n) is 3.22. The molecule has 1 aliphatic carbocycles. The van der Waals surface area contributed by atoms with Crippen molar-refractivity contribution in [1.82, 2.24) is 5.32 Å². The largest absolute Gasteiger partial charge is 0.480 e. The Morgan fingerprint density at radius 3 is 2.75 bits per heavy atom. The minimum absolute atomic E-state index is 0.479. The van der Waals surface area contributed by atoms with Gasteiger partial charge in [0.2, 0.25) is 0 Å².